The van der Waals surface area contributed by atoms with E-state index in [1.54, 1.807) is 31.2 Å². The number of aryl methyl sites for hydroxylation is 1. The van der Waals surface area contributed by atoms with E-state index in [2.05, 4.69) is 0 Å². The van der Waals surface area contributed by atoms with Crippen LogP contribution in [0.1, 0.15) is 16.7 Å². The molecule has 0 bridgehead atoms. The predicted molar refractivity (Wildman–Crippen MR) is 113 cm³/mol. The number of hydrogen-bond donors (Lipinski definition) is 0. The van der Waals surface area contributed by atoms with Gasteiger partial charge in [-0.1, -0.05) is 78.4 Å². The Morgan fingerprint density at radius 2 is 0.848 bits per heavy atom. The Labute approximate surface area is 187 Å². The monoisotopic (exact) mass is 462 g/mol. The molecule has 1 heterocycles. The second-order valence-corrected chi connectivity index (χ2v) is 7.43. The molecule has 1 aliphatic heterocycles. The summed E-state index contributed by atoms with van der Waals surface area (Å²) in [4.78, 5) is 0. The van der Waals surface area contributed by atoms with E-state index in [0.717, 1.165) is 12.1 Å². The van der Waals surface area contributed by atoms with Crippen LogP contribution in [-0.4, -0.2) is 21.4 Å². The van der Waals surface area contributed by atoms with Crippen LogP contribution >= 0.6 is 0 Å². The number of alkyl halides is 6. The third kappa shape index (κ3) is 4.97. The van der Waals surface area contributed by atoms with Gasteiger partial charge in [-0.05, 0) is 23.3 Å². The second kappa shape index (κ2) is 8.93. The first-order valence-corrected chi connectivity index (χ1v) is 9.90. The average Bonchev–Trinajstić information content (AvgIpc) is 2.78. The Bertz CT molecular complexity index is 1070. The van der Waals surface area contributed by atoms with Crippen LogP contribution in [0, 0.1) is 6.92 Å². The summed E-state index contributed by atoms with van der Waals surface area (Å²) in [6, 6.07) is 16.0. The first-order chi connectivity index (χ1) is 15.6. The maximum absolute atomic E-state index is 13.6. The molecule has 0 unspecified atom stereocenters. The van der Waals surface area contributed by atoms with Gasteiger partial charge >= 0.3 is 33.7 Å². The smallest absolute Gasteiger partial charge is 0.445 e. The highest BCUT2D eigenvalue weighted by atomic mass is 19.4. The van der Waals surface area contributed by atoms with Gasteiger partial charge in [0, 0.05) is 0 Å². The molecule has 0 N–H and O–H groups in total. The van der Waals surface area contributed by atoms with Crippen LogP contribution in [0.4, 0.5) is 26.3 Å². The quantitative estimate of drug-likeness (QED) is 0.441. The zero-order valence-corrected chi connectivity index (χ0v) is 17.2. The van der Waals surface area contributed by atoms with Crippen LogP contribution in [-0.2, 0) is 26.1 Å². The minimum Gasteiger partial charge on any atom is -0.445 e. The highest BCUT2D eigenvalue weighted by molar-refractivity contribution is 6.87. The third-order valence-corrected chi connectivity index (χ3v) is 5.22. The van der Waals surface area contributed by atoms with Crippen LogP contribution < -0.4 is 16.4 Å². The van der Waals surface area contributed by atoms with Crippen molar-refractivity contribution in [3.63, 3.8) is 0 Å². The first-order valence-electron chi connectivity index (χ1n) is 9.90. The van der Waals surface area contributed by atoms with E-state index in [0.29, 0.717) is 11.0 Å². The molecule has 0 radical (unpaired) electrons. The number of benzene rings is 3. The van der Waals surface area contributed by atoms with Gasteiger partial charge in [-0.25, -0.2) is 0 Å². The highest BCUT2D eigenvalue weighted by Crippen LogP contribution is 2.30. The minimum absolute atomic E-state index is 0.360. The molecule has 0 spiro atoms. The van der Waals surface area contributed by atoms with Gasteiger partial charge in [-0.2, -0.15) is 26.3 Å². The second-order valence-electron chi connectivity index (χ2n) is 7.43. The summed E-state index contributed by atoms with van der Waals surface area (Å²) in [7, 11) is -4.53. The van der Waals surface area contributed by atoms with Crippen molar-refractivity contribution in [3.8, 4) is 0 Å². The van der Waals surface area contributed by atoms with Gasteiger partial charge in [0.05, 0.1) is 11.1 Å². The van der Waals surface area contributed by atoms with Crippen molar-refractivity contribution in [2.45, 2.75) is 19.3 Å². The topological polar surface area (TPSA) is 27.7 Å². The van der Waals surface area contributed by atoms with Gasteiger partial charge in [0.2, 0.25) is 0 Å². The van der Waals surface area contributed by atoms with E-state index < -0.39 is 44.8 Å². The standard InChI is InChI=1S/C21H15B3F6O3/c1-14-8-2-5-11-17(14)22-31-23(18-12-6-3-9-15(18)20(25,26)27)33-24(32-22)19-13-7-4-10-16(19)21(28,29)30/h2-13H,1H3. The molecule has 3 aromatic rings. The highest BCUT2D eigenvalue weighted by Gasteiger charge is 2.49. The number of hydrogen-bond acceptors (Lipinski definition) is 3. The van der Waals surface area contributed by atoms with Gasteiger partial charge in [-0.15, -0.1) is 0 Å². The van der Waals surface area contributed by atoms with E-state index >= 15 is 0 Å². The lowest BCUT2D eigenvalue weighted by Crippen LogP contribution is -2.63. The van der Waals surface area contributed by atoms with Crippen LogP contribution in [0.2, 0.25) is 0 Å². The Kier molecular flexibility index (Phi) is 6.35. The van der Waals surface area contributed by atoms with Gasteiger partial charge in [0.15, 0.2) is 0 Å². The average molecular weight is 462 g/mol. The van der Waals surface area contributed by atoms with Crippen molar-refractivity contribution in [1.29, 1.82) is 0 Å². The summed E-state index contributed by atoms with van der Waals surface area (Å²) in [5.41, 5.74) is -1.59. The van der Waals surface area contributed by atoms with Gasteiger partial charge < -0.3 is 13.7 Å². The maximum atomic E-state index is 13.6. The summed E-state index contributed by atoms with van der Waals surface area (Å²) in [5.74, 6) is 0. The summed E-state index contributed by atoms with van der Waals surface area (Å²) in [5, 5.41) is 0. The fraction of sp³-hybridized carbons (Fsp3) is 0.143. The lowest BCUT2D eigenvalue weighted by Gasteiger charge is -2.33. The molecular weight excluding hydrogens is 447 g/mol. The lowest BCUT2D eigenvalue weighted by molar-refractivity contribution is -0.137. The first kappa shape index (κ1) is 23.5. The number of rotatable bonds is 3. The minimum atomic E-state index is -4.72. The molecule has 3 aromatic carbocycles. The molecule has 1 saturated heterocycles. The van der Waals surface area contributed by atoms with Gasteiger partial charge in [-0.3, -0.25) is 0 Å². The van der Waals surface area contributed by atoms with Crippen molar-refractivity contribution < 1.29 is 40.1 Å². The van der Waals surface area contributed by atoms with Crippen molar-refractivity contribution in [3.05, 3.63) is 89.5 Å². The largest absolute Gasteiger partial charge is 0.467 e. The van der Waals surface area contributed by atoms with E-state index in [-0.39, 0.29) is 10.9 Å². The van der Waals surface area contributed by atoms with Crippen LogP contribution in [0.5, 0.6) is 0 Å². The van der Waals surface area contributed by atoms with Crippen molar-refractivity contribution in [1.82, 2.24) is 0 Å². The maximum Gasteiger partial charge on any atom is 0.467 e. The molecule has 12 heteroatoms. The summed E-state index contributed by atoms with van der Waals surface area (Å²) >= 11 is 0. The molecule has 0 atom stereocenters. The van der Waals surface area contributed by atoms with Crippen LogP contribution in [0.15, 0.2) is 72.8 Å². The van der Waals surface area contributed by atoms with E-state index in [9.17, 15) is 26.3 Å². The van der Waals surface area contributed by atoms with Gasteiger partial charge in [0.25, 0.3) is 0 Å². The molecule has 0 amide bonds. The van der Waals surface area contributed by atoms with Gasteiger partial charge in [0.1, 0.15) is 0 Å². The zero-order chi connectivity index (χ0) is 23.8. The zero-order valence-electron chi connectivity index (χ0n) is 17.2. The molecule has 3 nitrogen and oxygen atoms in total. The Balaban J connectivity index is 1.82. The van der Waals surface area contributed by atoms with Crippen LogP contribution in [0.25, 0.3) is 0 Å². The summed E-state index contributed by atoms with van der Waals surface area (Å²) < 4.78 is 98.9. The predicted octanol–water partition coefficient (Wildman–Crippen LogP) is 3.58. The summed E-state index contributed by atoms with van der Waals surface area (Å²) in [6.07, 6.45) is -9.45. The molecular formula is C21H15B3F6O3. The molecule has 1 fully saturated rings. The van der Waals surface area contributed by atoms with Crippen molar-refractivity contribution in [2.24, 2.45) is 0 Å². The molecule has 1 aliphatic rings. The van der Waals surface area contributed by atoms with E-state index in [1.807, 2.05) is 0 Å². The Hall–Kier alpha value is -2.69. The fourth-order valence-electron chi connectivity index (χ4n) is 3.65. The molecule has 0 aliphatic carbocycles. The van der Waals surface area contributed by atoms with E-state index in [4.69, 9.17) is 13.7 Å². The van der Waals surface area contributed by atoms with Crippen molar-refractivity contribution in [2.75, 3.05) is 0 Å². The van der Waals surface area contributed by atoms with Crippen LogP contribution in [0.3, 0.4) is 0 Å². The summed E-state index contributed by atoms with van der Waals surface area (Å²) in [6.45, 7) is 1.73. The SMILES string of the molecule is Cc1ccccc1B1OB(c2ccccc2C(F)(F)F)OB(c2ccccc2C(F)(F)F)O1. The van der Waals surface area contributed by atoms with Crippen molar-refractivity contribution >= 4 is 37.7 Å². The molecule has 33 heavy (non-hydrogen) atoms. The third-order valence-electron chi connectivity index (χ3n) is 5.22. The Morgan fingerprint density at radius 3 is 1.24 bits per heavy atom. The normalized spacial score (nSPS) is 15.2. The number of halogens is 6. The molecule has 0 aromatic heterocycles. The molecule has 0 saturated carbocycles. The molecule has 4 rings (SSSR count). The molecule has 168 valence electrons. The fourth-order valence-corrected chi connectivity index (χ4v) is 3.65. The Morgan fingerprint density at radius 1 is 0.515 bits per heavy atom. The lowest BCUT2D eigenvalue weighted by atomic mass is 9.59. The van der Waals surface area contributed by atoms with E-state index in [1.165, 1.54) is 36.4 Å².